The molecule has 1 aliphatic rings. The molecule has 30 heavy (non-hydrogen) atoms. The molecule has 2 aromatic rings. The van der Waals surface area contributed by atoms with E-state index in [-0.39, 0.29) is 0 Å². The van der Waals surface area contributed by atoms with Crippen LogP contribution >= 0.6 is 11.6 Å². The first-order chi connectivity index (χ1) is 14.8. The number of aromatic nitrogens is 1. The number of hydrogen-bond acceptors (Lipinski definition) is 2. The molecule has 160 valence electrons. The predicted molar refractivity (Wildman–Crippen MR) is 130 cm³/mol. The molecule has 0 spiro atoms. The predicted octanol–water partition coefficient (Wildman–Crippen LogP) is 7.52. The minimum Gasteiger partial charge on any atom is -0.389 e. The Morgan fingerprint density at radius 1 is 0.933 bits per heavy atom. The minimum atomic E-state index is 0.747. The Balaban J connectivity index is 1.49. The third-order valence-corrected chi connectivity index (χ3v) is 5.74. The molecule has 3 nitrogen and oxygen atoms in total. The fourth-order valence-corrected chi connectivity index (χ4v) is 3.86. The lowest BCUT2D eigenvalue weighted by molar-refractivity contribution is 0.561. The number of nitrogens with zero attached hydrogens (tertiary/aromatic N) is 1. The Kier molecular flexibility index (Phi) is 9.30. The maximum atomic E-state index is 6.07. The number of benzene rings is 1. The lowest BCUT2D eigenvalue weighted by atomic mass is 10.0. The van der Waals surface area contributed by atoms with Gasteiger partial charge in [-0.3, -0.25) is 0 Å². The Morgan fingerprint density at radius 2 is 1.63 bits per heavy atom. The summed E-state index contributed by atoms with van der Waals surface area (Å²) < 4.78 is 0. The zero-order valence-corrected chi connectivity index (χ0v) is 18.8. The quantitative estimate of drug-likeness (QED) is 0.321. The molecule has 0 amide bonds. The van der Waals surface area contributed by atoms with E-state index in [1.807, 2.05) is 30.5 Å². The van der Waals surface area contributed by atoms with Gasteiger partial charge in [0.2, 0.25) is 0 Å². The topological polar surface area (TPSA) is 40.2 Å². The van der Waals surface area contributed by atoms with Crippen molar-refractivity contribution in [2.45, 2.75) is 64.7 Å². The number of H-pyrrole nitrogens is 1. The average molecular weight is 424 g/mol. The van der Waals surface area contributed by atoms with Gasteiger partial charge in [-0.2, -0.15) is 0 Å². The number of hydrogen-bond donors (Lipinski definition) is 2. The molecule has 0 fully saturated rings. The molecule has 2 heterocycles. The van der Waals surface area contributed by atoms with E-state index >= 15 is 0 Å². The average Bonchev–Trinajstić information content (AvgIpc) is 3.43. The summed E-state index contributed by atoms with van der Waals surface area (Å²) in [5.41, 5.74) is 5.21. The monoisotopic (exact) mass is 423 g/mol. The third kappa shape index (κ3) is 6.91. The summed E-state index contributed by atoms with van der Waals surface area (Å²) in [6.45, 7) is 3.26. The van der Waals surface area contributed by atoms with E-state index in [2.05, 4.69) is 41.6 Å². The number of nitrogens with one attached hydrogen (secondary N) is 2. The molecule has 0 saturated heterocycles. The van der Waals surface area contributed by atoms with Crippen LogP contribution in [0.2, 0.25) is 5.02 Å². The van der Waals surface area contributed by atoms with Crippen molar-refractivity contribution in [3.05, 3.63) is 76.8 Å². The van der Waals surface area contributed by atoms with Gasteiger partial charge in [0.25, 0.3) is 0 Å². The molecular formula is C26H34ClN3. The fraction of sp³-hybridized carbons (Fsp3) is 0.423. The van der Waals surface area contributed by atoms with Gasteiger partial charge in [-0.25, -0.2) is 4.99 Å². The molecule has 0 saturated carbocycles. The summed E-state index contributed by atoms with van der Waals surface area (Å²) in [6, 6.07) is 12.0. The van der Waals surface area contributed by atoms with Gasteiger partial charge in [0.1, 0.15) is 0 Å². The van der Waals surface area contributed by atoms with Crippen LogP contribution in [0.1, 0.15) is 76.0 Å². The molecule has 1 aromatic carbocycles. The van der Waals surface area contributed by atoms with Crippen LogP contribution in [0.5, 0.6) is 0 Å². The normalized spacial score (nSPS) is 14.8. The number of allylic oxidation sites excluding steroid dienone is 2. The summed E-state index contributed by atoms with van der Waals surface area (Å²) >= 11 is 6.07. The highest BCUT2D eigenvalue weighted by molar-refractivity contribution is 6.30. The lowest BCUT2D eigenvalue weighted by Gasteiger charge is -2.06. The number of aromatic amines is 1. The van der Waals surface area contributed by atoms with Crippen LogP contribution < -0.4 is 5.32 Å². The number of unbranched alkanes of at least 4 members (excludes halogenated alkanes) is 8. The summed E-state index contributed by atoms with van der Waals surface area (Å²) in [6.07, 6.45) is 18.2. The summed E-state index contributed by atoms with van der Waals surface area (Å²) in [4.78, 5) is 8.10. The second-order valence-corrected chi connectivity index (χ2v) is 8.39. The second kappa shape index (κ2) is 12.4. The number of aliphatic imine (C=N–C) groups is 1. The van der Waals surface area contributed by atoms with Crippen LogP contribution in [0.4, 0.5) is 0 Å². The van der Waals surface area contributed by atoms with E-state index in [4.69, 9.17) is 16.6 Å². The van der Waals surface area contributed by atoms with E-state index < -0.39 is 0 Å². The minimum absolute atomic E-state index is 0.747. The Morgan fingerprint density at radius 3 is 2.30 bits per heavy atom. The van der Waals surface area contributed by atoms with Gasteiger partial charge in [-0.05, 0) is 42.3 Å². The van der Waals surface area contributed by atoms with E-state index in [1.165, 1.54) is 57.8 Å². The molecule has 0 radical (unpaired) electrons. The zero-order chi connectivity index (χ0) is 21.0. The van der Waals surface area contributed by atoms with Gasteiger partial charge in [-0.1, -0.05) is 82.0 Å². The largest absolute Gasteiger partial charge is 0.389 e. The Labute approximate surface area is 186 Å². The van der Waals surface area contributed by atoms with Gasteiger partial charge in [0, 0.05) is 29.5 Å². The first kappa shape index (κ1) is 22.4. The molecule has 1 aromatic heterocycles. The van der Waals surface area contributed by atoms with Gasteiger partial charge in [-0.15, -0.1) is 0 Å². The number of rotatable bonds is 13. The summed E-state index contributed by atoms with van der Waals surface area (Å²) in [7, 11) is 0. The second-order valence-electron chi connectivity index (χ2n) is 7.96. The van der Waals surface area contributed by atoms with Crippen molar-refractivity contribution < 1.29 is 0 Å². The van der Waals surface area contributed by atoms with E-state index in [9.17, 15) is 0 Å². The van der Waals surface area contributed by atoms with Crippen molar-refractivity contribution in [3.8, 4) is 0 Å². The van der Waals surface area contributed by atoms with Crippen LogP contribution in [-0.4, -0.2) is 17.2 Å². The maximum Gasteiger partial charge on any atom is 0.0879 e. The van der Waals surface area contributed by atoms with Gasteiger partial charge in [0.15, 0.2) is 0 Å². The van der Waals surface area contributed by atoms with Gasteiger partial charge in [0.05, 0.1) is 17.1 Å². The van der Waals surface area contributed by atoms with Crippen LogP contribution in [-0.2, 0) is 0 Å². The zero-order valence-electron chi connectivity index (χ0n) is 18.1. The number of halogens is 1. The first-order valence-corrected chi connectivity index (χ1v) is 11.8. The SMILES string of the molecule is CCCCCCCCCCCNC=C1N=C(c2ccc[nH]2)C=C1c1ccc(Cl)cc1. The highest BCUT2D eigenvalue weighted by Gasteiger charge is 2.17. The molecule has 0 bridgehead atoms. The van der Waals surface area contributed by atoms with E-state index in [0.29, 0.717) is 0 Å². The highest BCUT2D eigenvalue weighted by Crippen LogP contribution is 2.30. The van der Waals surface area contributed by atoms with Crippen molar-refractivity contribution in [2.24, 2.45) is 4.99 Å². The molecule has 0 aliphatic carbocycles. The summed E-state index contributed by atoms with van der Waals surface area (Å²) in [5, 5.41) is 4.22. The molecule has 2 N–H and O–H groups in total. The van der Waals surface area contributed by atoms with Gasteiger partial charge >= 0.3 is 0 Å². The van der Waals surface area contributed by atoms with Crippen LogP contribution in [0.15, 0.2) is 65.6 Å². The first-order valence-electron chi connectivity index (χ1n) is 11.4. The van der Waals surface area contributed by atoms with Crippen molar-refractivity contribution in [1.29, 1.82) is 0 Å². The smallest absolute Gasteiger partial charge is 0.0879 e. The molecule has 1 aliphatic heterocycles. The highest BCUT2D eigenvalue weighted by atomic mass is 35.5. The van der Waals surface area contributed by atoms with Crippen molar-refractivity contribution in [2.75, 3.05) is 6.54 Å². The van der Waals surface area contributed by atoms with E-state index in [0.717, 1.165) is 39.8 Å². The molecule has 0 unspecified atom stereocenters. The molecular weight excluding hydrogens is 390 g/mol. The van der Waals surface area contributed by atoms with Crippen molar-refractivity contribution in [3.63, 3.8) is 0 Å². The molecule has 0 atom stereocenters. The lowest BCUT2D eigenvalue weighted by Crippen LogP contribution is -2.08. The molecule has 4 heteroatoms. The van der Waals surface area contributed by atoms with Gasteiger partial charge < -0.3 is 10.3 Å². The van der Waals surface area contributed by atoms with E-state index in [1.54, 1.807) is 0 Å². The van der Waals surface area contributed by atoms with Crippen molar-refractivity contribution >= 4 is 22.9 Å². The van der Waals surface area contributed by atoms with Crippen LogP contribution in [0, 0.1) is 0 Å². The summed E-state index contributed by atoms with van der Waals surface area (Å²) in [5.74, 6) is 0. The molecule has 3 rings (SSSR count). The Hall–Kier alpha value is -2.26. The standard InChI is InChI=1S/C26H34ClN3/c1-2-3-4-5-6-7-8-9-10-17-28-20-26-23(21-13-15-22(27)16-14-21)19-25(30-26)24-12-11-18-29-24/h11-16,18-20,28-29H,2-10,17H2,1H3. The fourth-order valence-electron chi connectivity index (χ4n) is 3.74. The van der Waals surface area contributed by atoms with Crippen molar-refractivity contribution in [1.82, 2.24) is 10.3 Å². The van der Waals surface area contributed by atoms with Crippen LogP contribution in [0.25, 0.3) is 5.57 Å². The Bertz CT molecular complexity index is 845. The third-order valence-electron chi connectivity index (χ3n) is 5.49. The maximum absolute atomic E-state index is 6.07. The van der Waals surface area contributed by atoms with Crippen LogP contribution in [0.3, 0.4) is 0 Å².